The third kappa shape index (κ3) is 4.57. The fraction of sp³-hybridized carbons (Fsp3) is 0.500. The van der Waals surface area contributed by atoms with Crippen molar-refractivity contribution in [2.45, 2.75) is 26.2 Å². The van der Waals surface area contributed by atoms with Gasteiger partial charge in [-0.3, -0.25) is 14.4 Å². The monoisotopic (exact) mass is 332 g/mol. The number of hydrogen-bond donors (Lipinski definition) is 1. The van der Waals surface area contributed by atoms with Crippen molar-refractivity contribution in [2.75, 3.05) is 26.2 Å². The lowest BCUT2D eigenvalue weighted by Gasteiger charge is -2.34. The topological polar surface area (TPSA) is 77.9 Å². The Kier molecular flexibility index (Phi) is 6.35. The molecule has 1 aliphatic rings. The van der Waals surface area contributed by atoms with Crippen LogP contribution in [0.5, 0.6) is 0 Å². The number of carboxylic acid groups (broad SMARTS) is 1. The number of aliphatic carboxylic acids is 1. The van der Waals surface area contributed by atoms with E-state index in [4.69, 9.17) is 5.11 Å². The molecule has 0 aromatic heterocycles. The van der Waals surface area contributed by atoms with Gasteiger partial charge in [0, 0.05) is 31.7 Å². The fourth-order valence-corrected chi connectivity index (χ4v) is 3.04. The van der Waals surface area contributed by atoms with Crippen molar-refractivity contribution in [3.63, 3.8) is 0 Å². The summed E-state index contributed by atoms with van der Waals surface area (Å²) in [5.41, 5.74) is 0.629. The van der Waals surface area contributed by atoms with E-state index in [0.717, 1.165) is 12.8 Å². The van der Waals surface area contributed by atoms with Crippen LogP contribution in [0.4, 0.5) is 0 Å². The normalized spacial score (nSPS) is 17.4. The van der Waals surface area contributed by atoms with Crippen molar-refractivity contribution in [1.29, 1.82) is 0 Å². The molecule has 130 valence electrons. The minimum absolute atomic E-state index is 0.0516. The number of likely N-dealkylation sites (tertiary alicyclic amines) is 1. The van der Waals surface area contributed by atoms with E-state index < -0.39 is 5.97 Å². The van der Waals surface area contributed by atoms with Gasteiger partial charge in [0.2, 0.25) is 5.91 Å². The molecule has 0 saturated carbocycles. The number of nitrogens with zero attached hydrogens (tertiary/aromatic N) is 2. The summed E-state index contributed by atoms with van der Waals surface area (Å²) in [6, 6.07) is 9.06. The molecule has 2 rings (SSSR count). The number of rotatable bonds is 6. The molecule has 1 fully saturated rings. The van der Waals surface area contributed by atoms with Gasteiger partial charge in [0.05, 0.1) is 12.3 Å². The summed E-state index contributed by atoms with van der Waals surface area (Å²) in [5, 5.41) is 8.80. The maximum absolute atomic E-state index is 12.6. The first-order valence-corrected chi connectivity index (χ1v) is 8.37. The van der Waals surface area contributed by atoms with E-state index in [1.807, 2.05) is 25.1 Å². The van der Waals surface area contributed by atoms with Gasteiger partial charge < -0.3 is 14.9 Å². The van der Waals surface area contributed by atoms with Crippen LogP contribution in [-0.2, 0) is 9.59 Å². The number of hydrogen-bond acceptors (Lipinski definition) is 3. The summed E-state index contributed by atoms with van der Waals surface area (Å²) < 4.78 is 0. The molecule has 1 aliphatic heterocycles. The first-order valence-electron chi connectivity index (χ1n) is 8.37. The number of benzene rings is 1. The van der Waals surface area contributed by atoms with Gasteiger partial charge in [0.1, 0.15) is 0 Å². The molecule has 6 nitrogen and oxygen atoms in total. The standard InChI is InChI=1S/C18H24N2O4/c1-2-19(12-10-16(21)22)18(24)15-9-6-11-20(13-15)17(23)14-7-4-3-5-8-14/h3-5,7-8,15H,2,6,9-13H2,1H3,(H,21,22). The van der Waals surface area contributed by atoms with Crippen molar-refractivity contribution in [3.05, 3.63) is 35.9 Å². The number of amides is 2. The second-order valence-corrected chi connectivity index (χ2v) is 6.02. The Hall–Kier alpha value is -2.37. The van der Waals surface area contributed by atoms with Gasteiger partial charge in [0.15, 0.2) is 0 Å². The zero-order chi connectivity index (χ0) is 17.5. The predicted molar refractivity (Wildman–Crippen MR) is 89.6 cm³/mol. The van der Waals surface area contributed by atoms with Gasteiger partial charge in [-0.25, -0.2) is 0 Å². The molecule has 1 aromatic rings. The molecule has 1 aromatic carbocycles. The zero-order valence-electron chi connectivity index (χ0n) is 14.0. The Morgan fingerprint density at radius 1 is 1.25 bits per heavy atom. The van der Waals surface area contributed by atoms with Gasteiger partial charge in [-0.1, -0.05) is 18.2 Å². The first-order chi connectivity index (χ1) is 11.5. The molecular formula is C18H24N2O4. The Morgan fingerprint density at radius 2 is 1.96 bits per heavy atom. The van der Waals surface area contributed by atoms with Crippen LogP contribution in [0.15, 0.2) is 30.3 Å². The van der Waals surface area contributed by atoms with Crippen LogP contribution >= 0.6 is 0 Å². The largest absolute Gasteiger partial charge is 0.481 e. The smallest absolute Gasteiger partial charge is 0.305 e. The molecule has 1 N–H and O–H groups in total. The van der Waals surface area contributed by atoms with E-state index in [2.05, 4.69) is 0 Å². The highest BCUT2D eigenvalue weighted by Crippen LogP contribution is 2.21. The molecule has 6 heteroatoms. The van der Waals surface area contributed by atoms with Crippen LogP contribution in [0, 0.1) is 5.92 Å². The van der Waals surface area contributed by atoms with E-state index in [9.17, 15) is 14.4 Å². The summed E-state index contributed by atoms with van der Waals surface area (Å²) in [4.78, 5) is 39.2. The van der Waals surface area contributed by atoms with Gasteiger partial charge >= 0.3 is 5.97 Å². The van der Waals surface area contributed by atoms with Crippen molar-refractivity contribution in [2.24, 2.45) is 5.92 Å². The molecule has 0 aliphatic carbocycles. The van der Waals surface area contributed by atoms with Crippen molar-refractivity contribution in [3.8, 4) is 0 Å². The van der Waals surface area contributed by atoms with Crippen LogP contribution in [0.1, 0.15) is 36.5 Å². The first kappa shape index (κ1) is 18.0. The highest BCUT2D eigenvalue weighted by molar-refractivity contribution is 5.94. The summed E-state index contributed by atoms with van der Waals surface area (Å²) >= 11 is 0. The van der Waals surface area contributed by atoms with E-state index in [1.165, 1.54) is 0 Å². The SMILES string of the molecule is CCN(CCC(=O)O)C(=O)C1CCCN(C(=O)c2ccccc2)C1. The summed E-state index contributed by atoms with van der Waals surface area (Å²) in [7, 11) is 0. The summed E-state index contributed by atoms with van der Waals surface area (Å²) in [6.07, 6.45) is 1.46. The molecule has 1 atom stereocenters. The van der Waals surface area contributed by atoms with Crippen LogP contribution in [0.3, 0.4) is 0 Å². The summed E-state index contributed by atoms with van der Waals surface area (Å²) in [5.74, 6) is -1.27. The lowest BCUT2D eigenvalue weighted by Crippen LogP contribution is -2.47. The molecular weight excluding hydrogens is 308 g/mol. The van der Waals surface area contributed by atoms with Crippen LogP contribution in [-0.4, -0.2) is 58.9 Å². The third-order valence-electron chi connectivity index (χ3n) is 4.37. The zero-order valence-corrected chi connectivity index (χ0v) is 14.0. The second kappa shape index (κ2) is 8.47. The number of carboxylic acids is 1. The Balaban J connectivity index is 2.00. The Morgan fingerprint density at radius 3 is 2.58 bits per heavy atom. The van der Waals surface area contributed by atoms with Gasteiger partial charge in [-0.15, -0.1) is 0 Å². The lowest BCUT2D eigenvalue weighted by atomic mass is 9.95. The van der Waals surface area contributed by atoms with E-state index in [1.54, 1.807) is 21.9 Å². The van der Waals surface area contributed by atoms with Crippen LogP contribution in [0.25, 0.3) is 0 Å². The average Bonchev–Trinajstić information content (AvgIpc) is 2.62. The Bertz CT molecular complexity index is 588. The van der Waals surface area contributed by atoms with Crippen molar-refractivity contribution < 1.29 is 19.5 Å². The van der Waals surface area contributed by atoms with E-state index in [-0.39, 0.29) is 30.7 Å². The molecule has 0 spiro atoms. The number of piperidine rings is 1. The molecule has 1 heterocycles. The fourth-order valence-electron chi connectivity index (χ4n) is 3.04. The predicted octanol–water partition coefficient (Wildman–Crippen LogP) is 1.86. The molecule has 1 saturated heterocycles. The molecule has 2 amide bonds. The molecule has 24 heavy (non-hydrogen) atoms. The van der Waals surface area contributed by atoms with Crippen molar-refractivity contribution in [1.82, 2.24) is 9.80 Å². The van der Waals surface area contributed by atoms with Gasteiger partial charge in [0.25, 0.3) is 5.91 Å². The highest BCUT2D eigenvalue weighted by atomic mass is 16.4. The van der Waals surface area contributed by atoms with Gasteiger partial charge in [-0.2, -0.15) is 0 Å². The quantitative estimate of drug-likeness (QED) is 0.862. The van der Waals surface area contributed by atoms with Crippen LogP contribution < -0.4 is 0 Å². The maximum atomic E-state index is 12.6. The number of carbonyl (C=O) groups excluding carboxylic acids is 2. The molecule has 1 unspecified atom stereocenters. The highest BCUT2D eigenvalue weighted by Gasteiger charge is 2.31. The third-order valence-corrected chi connectivity index (χ3v) is 4.37. The molecule has 0 bridgehead atoms. The van der Waals surface area contributed by atoms with Crippen molar-refractivity contribution >= 4 is 17.8 Å². The van der Waals surface area contributed by atoms with Crippen LogP contribution in [0.2, 0.25) is 0 Å². The minimum atomic E-state index is -0.911. The van der Waals surface area contributed by atoms with E-state index in [0.29, 0.717) is 25.2 Å². The van der Waals surface area contributed by atoms with E-state index >= 15 is 0 Å². The second-order valence-electron chi connectivity index (χ2n) is 6.02. The molecule has 0 radical (unpaired) electrons. The minimum Gasteiger partial charge on any atom is -0.481 e. The summed E-state index contributed by atoms with van der Waals surface area (Å²) in [6.45, 7) is 3.59. The lowest BCUT2D eigenvalue weighted by molar-refractivity contribution is -0.140. The Labute approximate surface area is 142 Å². The van der Waals surface area contributed by atoms with Gasteiger partial charge in [-0.05, 0) is 31.9 Å². The average molecular weight is 332 g/mol. The maximum Gasteiger partial charge on any atom is 0.305 e. The number of carbonyl (C=O) groups is 3.